The van der Waals surface area contributed by atoms with Crippen LogP contribution >= 0.6 is 12.2 Å². The molecule has 1 aliphatic rings. The molecule has 2 aromatic heterocycles. The maximum atomic E-state index is 12.4. The summed E-state index contributed by atoms with van der Waals surface area (Å²) in [5, 5.41) is 0.246. The summed E-state index contributed by atoms with van der Waals surface area (Å²) in [6, 6.07) is 1.75. The van der Waals surface area contributed by atoms with Crippen LogP contribution in [-0.2, 0) is 4.74 Å². The van der Waals surface area contributed by atoms with Gasteiger partial charge in [-0.3, -0.25) is 14.3 Å². The highest BCUT2D eigenvalue weighted by Crippen LogP contribution is 2.40. The van der Waals surface area contributed by atoms with E-state index in [1.165, 1.54) is 7.11 Å². The van der Waals surface area contributed by atoms with Crippen molar-refractivity contribution in [2.75, 3.05) is 7.11 Å². The van der Waals surface area contributed by atoms with Crippen LogP contribution in [0.15, 0.2) is 10.9 Å². The molecule has 1 saturated carbocycles. The third-order valence-electron chi connectivity index (χ3n) is 4.35. The Kier molecular flexibility index (Phi) is 4.06. The normalized spacial score (nSPS) is 15.6. The number of carbonyl (C=O) groups is 1. The molecule has 1 atom stereocenters. The van der Waals surface area contributed by atoms with Gasteiger partial charge in [-0.2, -0.15) is 0 Å². The van der Waals surface area contributed by atoms with Crippen molar-refractivity contribution in [3.05, 3.63) is 32.4 Å². The van der Waals surface area contributed by atoms with Gasteiger partial charge in [0.25, 0.3) is 5.56 Å². The number of hydrogen-bond acceptors (Lipinski definition) is 5. The monoisotopic (exact) mass is 333 g/mol. The van der Waals surface area contributed by atoms with E-state index < -0.39 is 11.5 Å². The third-order valence-corrected chi connectivity index (χ3v) is 4.65. The number of nitrogens with one attached hydrogen (secondary N) is 1. The Bertz CT molecular complexity index is 896. The molecule has 1 N–H and O–H groups in total. The van der Waals surface area contributed by atoms with Crippen molar-refractivity contribution in [1.29, 1.82) is 0 Å². The number of carbonyl (C=O) groups excluding carboxylic acids is 1. The number of esters is 1. The lowest BCUT2D eigenvalue weighted by Gasteiger charge is -2.18. The van der Waals surface area contributed by atoms with Crippen LogP contribution in [0.2, 0.25) is 0 Å². The summed E-state index contributed by atoms with van der Waals surface area (Å²) in [6.07, 6.45) is 2.93. The highest BCUT2D eigenvalue weighted by molar-refractivity contribution is 7.71. The zero-order valence-electron chi connectivity index (χ0n) is 13.4. The number of hydrogen-bond donors (Lipinski definition) is 1. The predicted molar refractivity (Wildman–Crippen MR) is 89.5 cm³/mol. The van der Waals surface area contributed by atoms with E-state index in [4.69, 9.17) is 17.0 Å². The minimum atomic E-state index is -0.530. The Morgan fingerprint density at radius 2 is 2.26 bits per heavy atom. The fourth-order valence-corrected chi connectivity index (χ4v) is 3.07. The number of pyridine rings is 1. The second-order valence-electron chi connectivity index (χ2n) is 5.95. The lowest BCUT2D eigenvalue weighted by atomic mass is 10.1. The van der Waals surface area contributed by atoms with Crippen molar-refractivity contribution in [1.82, 2.24) is 14.5 Å². The Balaban J connectivity index is 2.45. The molecule has 2 heterocycles. The average molecular weight is 333 g/mol. The van der Waals surface area contributed by atoms with Gasteiger partial charge >= 0.3 is 5.97 Å². The summed E-state index contributed by atoms with van der Waals surface area (Å²) in [4.78, 5) is 31.9. The topological polar surface area (TPSA) is 77.0 Å². The summed E-state index contributed by atoms with van der Waals surface area (Å²) < 4.78 is 7.01. The minimum Gasteiger partial charge on any atom is -0.465 e. The molecule has 6 nitrogen and oxygen atoms in total. The van der Waals surface area contributed by atoms with Crippen molar-refractivity contribution >= 4 is 29.2 Å². The quantitative estimate of drug-likeness (QED) is 0.687. The van der Waals surface area contributed by atoms with Crippen LogP contribution in [0, 0.1) is 4.77 Å². The summed E-state index contributed by atoms with van der Waals surface area (Å²) in [6.45, 7) is 4.05. The van der Waals surface area contributed by atoms with E-state index in [0.717, 1.165) is 25.0 Å². The van der Waals surface area contributed by atoms with Gasteiger partial charge in [0.05, 0.1) is 18.1 Å². The Morgan fingerprint density at radius 1 is 1.57 bits per heavy atom. The molecule has 0 bridgehead atoms. The van der Waals surface area contributed by atoms with Gasteiger partial charge in [0, 0.05) is 17.7 Å². The van der Waals surface area contributed by atoms with Gasteiger partial charge in [-0.15, -0.1) is 0 Å². The lowest BCUT2D eigenvalue weighted by Crippen LogP contribution is -2.21. The van der Waals surface area contributed by atoms with Crippen molar-refractivity contribution in [2.24, 2.45) is 0 Å². The van der Waals surface area contributed by atoms with Crippen LogP contribution in [0.5, 0.6) is 0 Å². The molecule has 0 aromatic carbocycles. The summed E-state index contributed by atoms with van der Waals surface area (Å²) in [5.41, 5.74) is 1.15. The molecule has 1 fully saturated rings. The maximum absolute atomic E-state index is 12.4. The van der Waals surface area contributed by atoms with Crippen LogP contribution in [0.1, 0.15) is 61.1 Å². The molecule has 3 rings (SSSR count). The zero-order valence-corrected chi connectivity index (χ0v) is 14.2. The molecule has 7 heteroatoms. The molecule has 0 radical (unpaired) electrons. The van der Waals surface area contributed by atoms with Crippen LogP contribution in [-0.4, -0.2) is 27.6 Å². The molecular weight excluding hydrogens is 314 g/mol. The smallest absolute Gasteiger partial charge is 0.338 e. The minimum absolute atomic E-state index is 0.0642. The van der Waals surface area contributed by atoms with E-state index >= 15 is 0 Å². The van der Waals surface area contributed by atoms with Gasteiger partial charge in [0.2, 0.25) is 0 Å². The molecule has 0 aliphatic heterocycles. The van der Waals surface area contributed by atoms with Crippen LogP contribution < -0.4 is 5.56 Å². The first-order valence-electron chi connectivity index (χ1n) is 7.75. The molecule has 1 aliphatic carbocycles. The Labute approximate surface area is 138 Å². The van der Waals surface area contributed by atoms with Crippen LogP contribution in [0.4, 0.5) is 0 Å². The van der Waals surface area contributed by atoms with Crippen LogP contribution in [0.3, 0.4) is 0 Å². The fourth-order valence-electron chi connectivity index (χ4n) is 2.72. The molecule has 122 valence electrons. The number of methoxy groups -OCH3 is 1. The largest absolute Gasteiger partial charge is 0.465 e. The Morgan fingerprint density at radius 3 is 2.83 bits per heavy atom. The van der Waals surface area contributed by atoms with E-state index in [9.17, 15) is 9.59 Å². The van der Waals surface area contributed by atoms with Gasteiger partial charge in [-0.25, -0.2) is 9.78 Å². The highest BCUT2D eigenvalue weighted by Gasteiger charge is 2.29. The van der Waals surface area contributed by atoms with E-state index in [-0.39, 0.29) is 17.0 Å². The number of rotatable bonds is 4. The van der Waals surface area contributed by atoms with Gasteiger partial charge in [-0.1, -0.05) is 6.92 Å². The molecule has 23 heavy (non-hydrogen) atoms. The van der Waals surface area contributed by atoms with Crippen molar-refractivity contribution < 1.29 is 9.53 Å². The highest BCUT2D eigenvalue weighted by atomic mass is 32.1. The summed E-state index contributed by atoms with van der Waals surface area (Å²) in [5.74, 6) is -0.182. The summed E-state index contributed by atoms with van der Waals surface area (Å²) >= 11 is 5.32. The van der Waals surface area contributed by atoms with Crippen molar-refractivity contribution in [3.8, 4) is 0 Å². The van der Waals surface area contributed by atoms with E-state index in [2.05, 4.69) is 9.97 Å². The van der Waals surface area contributed by atoms with E-state index in [0.29, 0.717) is 16.3 Å². The third kappa shape index (κ3) is 2.69. The molecular formula is C16H19N3O3S. The molecule has 0 saturated heterocycles. The number of aromatic amines is 1. The van der Waals surface area contributed by atoms with Gasteiger partial charge in [0.1, 0.15) is 5.65 Å². The number of H-pyrrole nitrogens is 1. The lowest BCUT2D eigenvalue weighted by molar-refractivity contribution is 0.0602. The standard InChI is InChI=1S/C16H19N3O3S/c1-4-8(2)19-13-12(14(20)18-16(19)23)10(15(21)22-3)7-11(17-13)9-5-6-9/h7-9H,4-6H2,1-3H3,(H,18,20,23). The van der Waals surface area contributed by atoms with Gasteiger partial charge in [-0.05, 0) is 44.5 Å². The second kappa shape index (κ2) is 5.88. The second-order valence-corrected chi connectivity index (χ2v) is 6.33. The fraction of sp³-hybridized carbons (Fsp3) is 0.500. The van der Waals surface area contributed by atoms with Gasteiger partial charge in [0.15, 0.2) is 4.77 Å². The van der Waals surface area contributed by atoms with E-state index in [1.807, 2.05) is 18.4 Å². The molecule has 2 aromatic rings. The Hall–Kier alpha value is -2.02. The van der Waals surface area contributed by atoms with Crippen molar-refractivity contribution in [3.63, 3.8) is 0 Å². The number of fused-ring (bicyclic) bond motifs is 1. The van der Waals surface area contributed by atoms with Gasteiger partial charge < -0.3 is 4.74 Å². The first kappa shape index (κ1) is 15.9. The number of nitrogens with zero attached hydrogens (tertiary/aromatic N) is 2. The maximum Gasteiger partial charge on any atom is 0.338 e. The van der Waals surface area contributed by atoms with Crippen LogP contribution in [0.25, 0.3) is 11.0 Å². The number of aromatic nitrogens is 3. The molecule has 1 unspecified atom stereocenters. The first-order chi connectivity index (χ1) is 11.0. The van der Waals surface area contributed by atoms with Crippen molar-refractivity contribution in [2.45, 2.75) is 45.1 Å². The zero-order chi connectivity index (χ0) is 16.7. The predicted octanol–water partition coefficient (Wildman–Crippen LogP) is 3.09. The summed E-state index contributed by atoms with van der Waals surface area (Å²) in [7, 11) is 1.31. The molecule has 0 amide bonds. The van der Waals surface area contributed by atoms with E-state index in [1.54, 1.807) is 6.07 Å². The first-order valence-corrected chi connectivity index (χ1v) is 8.16. The SMILES string of the molecule is CCC(C)n1c(=S)[nH]c(=O)c2c(C(=O)OC)cc(C3CC3)nc21. The molecule has 0 spiro atoms. The average Bonchev–Trinajstić information content (AvgIpc) is 3.37. The number of ether oxygens (including phenoxy) is 1.